The SMILES string of the molecule is O=C(O)Nc1cc(CCCC(=O)Nc2ccc(CO)cc2F)ccc1-c1ccccc1. The molecule has 3 aromatic rings. The lowest BCUT2D eigenvalue weighted by Gasteiger charge is -2.12. The summed E-state index contributed by atoms with van der Waals surface area (Å²) >= 11 is 0. The second-order valence-corrected chi connectivity index (χ2v) is 7.05. The minimum atomic E-state index is -1.15. The quantitative estimate of drug-likeness (QED) is 0.409. The van der Waals surface area contributed by atoms with Crippen LogP contribution in [0.15, 0.2) is 66.7 Å². The van der Waals surface area contributed by atoms with Crippen LogP contribution in [0, 0.1) is 5.82 Å². The van der Waals surface area contributed by atoms with Crippen LogP contribution in [-0.4, -0.2) is 22.2 Å². The number of aliphatic hydroxyl groups excluding tert-OH is 1. The highest BCUT2D eigenvalue weighted by atomic mass is 19.1. The number of amides is 2. The monoisotopic (exact) mass is 422 g/mol. The number of anilines is 2. The fraction of sp³-hybridized carbons (Fsp3) is 0.167. The van der Waals surface area contributed by atoms with Gasteiger partial charge >= 0.3 is 6.09 Å². The maximum Gasteiger partial charge on any atom is 0.409 e. The molecule has 0 radical (unpaired) electrons. The van der Waals surface area contributed by atoms with Gasteiger partial charge < -0.3 is 15.5 Å². The Morgan fingerprint density at radius 1 is 0.871 bits per heavy atom. The Morgan fingerprint density at radius 2 is 1.61 bits per heavy atom. The molecular formula is C24H23FN2O4. The molecule has 0 unspecified atom stereocenters. The van der Waals surface area contributed by atoms with E-state index in [1.54, 1.807) is 12.1 Å². The molecule has 0 heterocycles. The van der Waals surface area contributed by atoms with Gasteiger partial charge in [-0.25, -0.2) is 9.18 Å². The van der Waals surface area contributed by atoms with Gasteiger partial charge in [0.15, 0.2) is 0 Å². The summed E-state index contributed by atoms with van der Waals surface area (Å²) in [5.74, 6) is -0.916. The van der Waals surface area contributed by atoms with E-state index >= 15 is 0 Å². The number of benzene rings is 3. The Labute approximate surface area is 179 Å². The molecule has 0 aliphatic carbocycles. The third-order valence-corrected chi connectivity index (χ3v) is 4.77. The van der Waals surface area contributed by atoms with E-state index in [9.17, 15) is 14.0 Å². The maximum atomic E-state index is 13.9. The Hall–Kier alpha value is -3.71. The zero-order chi connectivity index (χ0) is 22.2. The van der Waals surface area contributed by atoms with Gasteiger partial charge in [-0.15, -0.1) is 0 Å². The van der Waals surface area contributed by atoms with Crippen LogP contribution >= 0.6 is 0 Å². The van der Waals surface area contributed by atoms with Crippen molar-refractivity contribution < 1.29 is 24.2 Å². The number of carboxylic acid groups (broad SMARTS) is 1. The minimum absolute atomic E-state index is 0.0716. The number of hydrogen-bond acceptors (Lipinski definition) is 3. The molecular weight excluding hydrogens is 399 g/mol. The van der Waals surface area contributed by atoms with Crippen molar-refractivity contribution in [3.63, 3.8) is 0 Å². The first-order chi connectivity index (χ1) is 15.0. The molecule has 0 bridgehead atoms. The molecule has 7 heteroatoms. The predicted octanol–water partition coefficient (Wildman–Crippen LogP) is 5.04. The Morgan fingerprint density at radius 3 is 2.29 bits per heavy atom. The van der Waals surface area contributed by atoms with Crippen molar-refractivity contribution in [1.82, 2.24) is 0 Å². The maximum absolute atomic E-state index is 13.9. The smallest absolute Gasteiger partial charge is 0.409 e. The first-order valence-electron chi connectivity index (χ1n) is 9.83. The van der Waals surface area contributed by atoms with Gasteiger partial charge in [0.05, 0.1) is 18.0 Å². The van der Waals surface area contributed by atoms with E-state index in [1.165, 1.54) is 12.1 Å². The van der Waals surface area contributed by atoms with Crippen molar-refractivity contribution in [2.45, 2.75) is 25.9 Å². The van der Waals surface area contributed by atoms with Crippen LogP contribution in [0.1, 0.15) is 24.0 Å². The highest BCUT2D eigenvalue weighted by Crippen LogP contribution is 2.29. The lowest BCUT2D eigenvalue weighted by Crippen LogP contribution is -2.13. The van der Waals surface area contributed by atoms with Gasteiger partial charge in [0.25, 0.3) is 0 Å². The van der Waals surface area contributed by atoms with Crippen LogP contribution in [0.2, 0.25) is 0 Å². The Kier molecular flexibility index (Phi) is 7.35. The van der Waals surface area contributed by atoms with Crippen LogP contribution in [0.25, 0.3) is 11.1 Å². The van der Waals surface area contributed by atoms with Gasteiger partial charge in [0.1, 0.15) is 5.82 Å². The lowest BCUT2D eigenvalue weighted by atomic mass is 9.99. The lowest BCUT2D eigenvalue weighted by molar-refractivity contribution is -0.116. The molecule has 0 spiro atoms. The molecule has 0 aliphatic heterocycles. The molecule has 0 aliphatic rings. The van der Waals surface area contributed by atoms with Gasteiger partial charge in [-0.3, -0.25) is 10.1 Å². The number of carbonyl (C=O) groups is 2. The van der Waals surface area contributed by atoms with Gasteiger partial charge in [0, 0.05) is 12.0 Å². The van der Waals surface area contributed by atoms with Gasteiger partial charge in [-0.2, -0.15) is 0 Å². The third-order valence-electron chi connectivity index (χ3n) is 4.77. The number of rotatable bonds is 8. The molecule has 6 nitrogen and oxygen atoms in total. The van der Waals surface area contributed by atoms with Crippen molar-refractivity contribution in [3.8, 4) is 11.1 Å². The number of halogens is 1. The van der Waals surface area contributed by atoms with E-state index in [2.05, 4.69) is 10.6 Å². The molecule has 0 saturated carbocycles. The van der Waals surface area contributed by atoms with Crippen molar-refractivity contribution in [2.24, 2.45) is 0 Å². The minimum Gasteiger partial charge on any atom is -0.465 e. The standard InChI is InChI=1S/C24H23FN2O4/c25-20-13-17(15-28)10-12-21(20)26-23(29)8-4-5-16-9-11-19(18-6-2-1-3-7-18)22(14-16)27-24(30)31/h1-3,6-7,9-14,27-28H,4-5,8,15H2,(H,26,29)(H,30,31). The van der Waals surface area contributed by atoms with E-state index < -0.39 is 11.9 Å². The van der Waals surface area contributed by atoms with E-state index in [1.807, 2.05) is 42.5 Å². The Bertz CT molecular complexity index is 1070. The summed E-state index contributed by atoms with van der Waals surface area (Å²) in [4.78, 5) is 23.3. The van der Waals surface area contributed by atoms with E-state index in [4.69, 9.17) is 10.2 Å². The van der Waals surface area contributed by atoms with Crippen molar-refractivity contribution in [1.29, 1.82) is 0 Å². The second-order valence-electron chi connectivity index (χ2n) is 7.05. The molecule has 3 rings (SSSR count). The summed E-state index contributed by atoms with van der Waals surface area (Å²) in [5, 5.41) is 23.2. The van der Waals surface area contributed by atoms with Crippen molar-refractivity contribution >= 4 is 23.4 Å². The zero-order valence-electron chi connectivity index (χ0n) is 16.8. The largest absolute Gasteiger partial charge is 0.465 e. The normalized spacial score (nSPS) is 10.5. The van der Waals surface area contributed by atoms with Crippen LogP contribution in [0.4, 0.5) is 20.6 Å². The number of carbonyl (C=O) groups excluding carboxylic acids is 1. The summed E-state index contributed by atoms with van der Waals surface area (Å²) in [5.41, 5.74) is 3.53. The van der Waals surface area contributed by atoms with Crippen LogP contribution in [0.5, 0.6) is 0 Å². The fourth-order valence-electron chi connectivity index (χ4n) is 3.26. The molecule has 0 atom stereocenters. The molecule has 160 valence electrons. The number of aliphatic hydroxyl groups is 1. The van der Waals surface area contributed by atoms with Gasteiger partial charge in [-0.05, 0) is 47.7 Å². The second kappa shape index (κ2) is 10.4. The summed E-state index contributed by atoms with van der Waals surface area (Å²) in [6.45, 7) is -0.271. The highest BCUT2D eigenvalue weighted by Gasteiger charge is 2.11. The van der Waals surface area contributed by atoms with Gasteiger partial charge in [0.2, 0.25) is 5.91 Å². The molecule has 31 heavy (non-hydrogen) atoms. The topological polar surface area (TPSA) is 98.7 Å². The van der Waals surface area contributed by atoms with E-state index in [0.717, 1.165) is 16.7 Å². The molecule has 3 aromatic carbocycles. The zero-order valence-corrected chi connectivity index (χ0v) is 16.8. The van der Waals surface area contributed by atoms with Gasteiger partial charge in [-0.1, -0.05) is 48.5 Å². The first-order valence-corrected chi connectivity index (χ1v) is 9.83. The highest BCUT2D eigenvalue weighted by molar-refractivity contribution is 5.91. The molecule has 2 amide bonds. The fourth-order valence-corrected chi connectivity index (χ4v) is 3.26. The summed E-state index contributed by atoms with van der Waals surface area (Å²) in [7, 11) is 0. The van der Waals surface area contributed by atoms with Crippen LogP contribution in [-0.2, 0) is 17.8 Å². The third kappa shape index (κ3) is 6.13. The summed E-state index contributed by atoms with van der Waals surface area (Å²) < 4.78 is 13.9. The summed E-state index contributed by atoms with van der Waals surface area (Å²) in [6, 6.07) is 19.1. The van der Waals surface area contributed by atoms with Crippen LogP contribution < -0.4 is 10.6 Å². The molecule has 0 aromatic heterocycles. The average molecular weight is 422 g/mol. The number of nitrogens with one attached hydrogen (secondary N) is 2. The first kappa shape index (κ1) is 22.0. The predicted molar refractivity (Wildman–Crippen MR) is 117 cm³/mol. The van der Waals surface area contributed by atoms with E-state index in [-0.39, 0.29) is 24.6 Å². The van der Waals surface area contributed by atoms with Crippen molar-refractivity contribution in [3.05, 3.63) is 83.7 Å². The van der Waals surface area contributed by atoms with E-state index in [0.29, 0.717) is 24.1 Å². The van der Waals surface area contributed by atoms with Crippen molar-refractivity contribution in [2.75, 3.05) is 10.6 Å². The summed E-state index contributed by atoms with van der Waals surface area (Å²) in [6.07, 6.45) is 0.105. The average Bonchev–Trinajstić information content (AvgIpc) is 2.75. The Balaban J connectivity index is 1.62. The number of aryl methyl sites for hydroxylation is 1. The number of hydrogen-bond donors (Lipinski definition) is 4. The molecule has 4 N–H and O–H groups in total. The van der Waals surface area contributed by atoms with Crippen LogP contribution in [0.3, 0.4) is 0 Å². The molecule has 0 saturated heterocycles. The molecule has 0 fully saturated rings.